The molecule has 0 aliphatic heterocycles. The summed E-state index contributed by atoms with van der Waals surface area (Å²) in [4.78, 5) is 25.4. The first-order valence-corrected chi connectivity index (χ1v) is 10.5. The number of halogens is 1. The van der Waals surface area contributed by atoms with Crippen molar-refractivity contribution in [1.29, 1.82) is 0 Å². The van der Waals surface area contributed by atoms with Crippen molar-refractivity contribution in [3.05, 3.63) is 75.2 Å². The number of nitrogens with one attached hydrogen (secondary N) is 1. The summed E-state index contributed by atoms with van der Waals surface area (Å²) < 4.78 is 26.7. The quantitative estimate of drug-likeness (QED) is 0.704. The van der Waals surface area contributed by atoms with E-state index in [-0.39, 0.29) is 21.2 Å². The Bertz CT molecular complexity index is 1230. The second-order valence-electron chi connectivity index (χ2n) is 6.31. The van der Waals surface area contributed by atoms with E-state index < -0.39 is 21.3 Å². The number of aromatic nitrogens is 2. The fourth-order valence-electron chi connectivity index (χ4n) is 2.83. The number of hydrogen-bond acceptors (Lipinski definition) is 4. The van der Waals surface area contributed by atoms with Crippen molar-refractivity contribution in [2.24, 2.45) is 7.05 Å². The molecule has 0 fully saturated rings. The minimum Gasteiger partial charge on any atom is -0.316 e. The molecular formula is C19H18ClN3O4S. The molecular weight excluding hydrogens is 402 g/mol. The normalized spacial score (nSPS) is 11.4. The first kappa shape index (κ1) is 19.9. The maximum atomic E-state index is 12.9. The molecule has 1 amide bonds. The van der Waals surface area contributed by atoms with Crippen molar-refractivity contribution in [3.8, 4) is 5.69 Å². The largest absolute Gasteiger partial charge is 0.316 e. The van der Waals surface area contributed by atoms with Gasteiger partial charge in [-0.05, 0) is 37.3 Å². The van der Waals surface area contributed by atoms with Crippen LogP contribution >= 0.6 is 11.6 Å². The zero-order chi connectivity index (χ0) is 20.6. The lowest BCUT2D eigenvalue weighted by atomic mass is 10.2. The minimum absolute atomic E-state index is 0.0291. The van der Waals surface area contributed by atoms with E-state index in [1.54, 1.807) is 30.8 Å². The molecule has 1 heterocycles. The molecule has 28 heavy (non-hydrogen) atoms. The van der Waals surface area contributed by atoms with Crippen molar-refractivity contribution in [2.45, 2.75) is 11.8 Å². The van der Waals surface area contributed by atoms with Crippen LogP contribution in [0.4, 0.5) is 5.69 Å². The van der Waals surface area contributed by atoms with Crippen LogP contribution in [0.25, 0.3) is 5.69 Å². The van der Waals surface area contributed by atoms with Gasteiger partial charge in [-0.2, -0.15) is 0 Å². The highest BCUT2D eigenvalue weighted by Crippen LogP contribution is 2.23. The first-order chi connectivity index (χ1) is 13.1. The smallest absolute Gasteiger partial charge is 0.295 e. The zero-order valence-electron chi connectivity index (χ0n) is 15.4. The molecule has 0 bridgehead atoms. The van der Waals surface area contributed by atoms with Crippen LogP contribution in [-0.4, -0.2) is 29.9 Å². The lowest BCUT2D eigenvalue weighted by Crippen LogP contribution is -2.23. The fourth-order valence-corrected chi connectivity index (χ4v) is 4.13. The molecule has 0 atom stereocenters. The Morgan fingerprint density at radius 2 is 1.75 bits per heavy atom. The van der Waals surface area contributed by atoms with Gasteiger partial charge in [-0.3, -0.25) is 14.3 Å². The van der Waals surface area contributed by atoms with Crippen molar-refractivity contribution in [2.75, 3.05) is 11.6 Å². The summed E-state index contributed by atoms with van der Waals surface area (Å²) in [7, 11) is -1.89. The third-order valence-corrected chi connectivity index (χ3v) is 5.96. The van der Waals surface area contributed by atoms with Crippen molar-refractivity contribution < 1.29 is 13.2 Å². The van der Waals surface area contributed by atoms with Crippen molar-refractivity contribution >= 4 is 33.0 Å². The van der Waals surface area contributed by atoms with Crippen LogP contribution in [0.2, 0.25) is 5.02 Å². The Morgan fingerprint density at radius 1 is 1.11 bits per heavy atom. The van der Waals surface area contributed by atoms with Gasteiger partial charge in [0.2, 0.25) is 0 Å². The van der Waals surface area contributed by atoms with Gasteiger partial charge in [0.15, 0.2) is 9.84 Å². The number of carbonyl (C=O) groups is 1. The molecule has 0 radical (unpaired) electrons. The minimum atomic E-state index is -3.60. The number of nitrogens with zero attached hydrogens (tertiary/aromatic N) is 2. The topological polar surface area (TPSA) is 90.2 Å². The summed E-state index contributed by atoms with van der Waals surface area (Å²) in [6.45, 7) is 1.71. The maximum absolute atomic E-state index is 12.9. The number of benzene rings is 2. The van der Waals surface area contributed by atoms with Crippen LogP contribution in [-0.2, 0) is 16.9 Å². The van der Waals surface area contributed by atoms with Gasteiger partial charge >= 0.3 is 0 Å². The molecule has 9 heteroatoms. The third kappa shape index (κ3) is 3.61. The number of sulfone groups is 1. The van der Waals surface area contributed by atoms with Gasteiger partial charge in [0.25, 0.3) is 11.5 Å². The molecule has 1 aromatic heterocycles. The molecule has 3 aromatic rings. The van der Waals surface area contributed by atoms with Gasteiger partial charge in [0.05, 0.1) is 21.3 Å². The van der Waals surface area contributed by atoms with Crippen LogP contribution in [0.15, 0.2) is 58.2 Å². The SMILES string of the molecule is Cc1c(NC(=O)c2ccc(Cl)c(S(C)(=O)=O)c2)c(=O)n(-c2ccccc2)n1C. The van der Waals surface area contributed by atoms with E-state index in [2.05, 4.69) is 5.32 Å². The number of hydrogen-bond donors (Lipinski definition) is 1. The van der Waals surface area contributed by atoms with Gasteiger partial charge in [-0.1, -0.05) is 29.8 Å². The molecule has 0 aliphatic rings. The molecule has 0 spiro atoms. The highest BCUT2D eigenvalue weighted by Gasteiger charge is 2.20. The van der Waals surface area contributed by atoms with Crippen LogP contribution in [0.3, 0.4) is 0 Å². The second kappa shape index (κ2) is 7.29. The standard InChI is InChI=1S/C19H18ClN3O4S/c1-12-17(19(25)23(22(12)2)14-7-5-4-6-8-14)21-18(24)13-9-10-15(20)16(11-13)28(3,26)27/h4-11H,1-3H3,(H,21,24). The lowest BCUT2D eigenvalue weighted by Gasteiger charge is -2.07. The third-order valence-electron chi connectivity index (χ3n) is 4.39. The predicted octanol–water partition coefficient (Wildman–Crippen LogP) is 2.79. The molecule has 146 valence electrons. The van der Waals surface area contributed by atoms with Crippen LogP contribution < -0.4 is 10.9 Å². The molecule has 7 nitrogen and oxygen atoms in total. The Hall–Kier alpha value is -2.84. The van der Waals surface area contributed by atoms with Gasteiger partial charge in [0.1, 0.15) is 5.69 Å². The number of anilines is 1. The fraction of sp³-hybridized carbons (Fsp3) is 0.158. The molecule has 0 saturated carbocycles. The van der Waals surface area contributed by atoms with Crippen LogP contribution in [0, 0.1) is 6.92 Å². The average Bonchev–Trinajstić information content (AvgIpc) is 2.85. The van der Waals surface area contributed by atoms with E-state index >= 15 is 0 Å². The first-order valence-electron chi connectivity index (χ1n) is 8.26. The summed E-state index contributed by atoms with van der Waals surface area (Å²) in [5, 5.41) is 2.62. The van der Waals surface area contributed by atoms with Crippen molar-refractivity contribution in [1.82, 2.24) is 9.36 Å². The molecule has 0 saturated heterocycles. The summed E-state index contributed by atoms with van der Waals surface area (Å²) in [6, 6.07) is 13.0. The molecule has 0 unspecified atom stereocenters. The summed E-state index contributed by atoms with van der Waals surface area (Å²) in [6.07, 6.45) is 1.01. The Labute approximate surface area is 167 Å². The van der Waals surface area contributed by atoms with Gasteiger partial charge < -0.3 is 5.32 Å². The van der Waals surface area contributed by atoms with E-state index in [0.717, 1.165) is 6.26 Å². The van der Waals surface area contributed by atoms with Crippen molar-refractivity contribution in [3.63, 3.8) is 0 Å². The van der Waals surface area contributed by atoms with Crippen LogP contribution in [0.5, 0.6) is 0 Å². The number of rotatable bonds is 4. The monoisotopic (exact) mass is 419 g/mol. The van der Waals surface area contributed by atoms with Gasteiger partial charge in [-0.25, -0.2) is 13.1 Å². The molecule has 0 aliphatic carbocycles. The van der Waals surface area contributed by atoms with Gasteiger partial charge in [0, 0.05) is 18.9 Å². The number of amides is 1. The Morgan fingerprint density at radius 3 is 2.36 bits per heavy atom. The maximum Gasteiger partial charge on any atom is 0.295 e. The summed E-state index contributed by atoms with van der Waals surface area (Å²) in [5.41, 5.74) is 1.02. The second-order valence-corrected chi connectivity index (χ2v) is 8.70. The molecule has 2 aromatic carbocycles. The predicted molar refractivity (Wildman–Crippen MR) is 108 cm³/mol. The van der Waals surface area contributed by atoms with E-state index in [1.165, 1.54) is 22.9 Å². The van der Waals surface area contributed by atoms with E-state index in [0.29, 0.717) is 11.4 Å². The highest BCUT2D eigenvalue weighted by atomic mass is 35.5. The van der Waals surface area contributed by atoms with E-state index in [4.69, 9.17) is 11.6 Å². The van der Waals surface area contributed by atoms with E-state index in [1.807, 2.05) is 18.2 Å². The van der Waals surface area contributed by atoms with E-state index in [9.17, 15) is 18.0 Å². The Balaban J connectivity index is 2.02. The Kier molecular flexibility index (Phi) is 5.18. The lowest BCUT2D eigenvalue weighted by molar-refractivity contribution is 0.102. The zero-order valence-corrected chi connectivity index (χ0v) is 17.0. The number of para-hydroxylation sites is 1. The van der Waals surface area contributed by atoms with Gasteiger partial charge in [-0.15, -0.1) is 0 Å². The molecule has 1 N–H and O–H groups in total. The highest BCUT2D eigenvalue weighted by molar-refractivity contribution is 7.90. The number of carbonyl (C=O) groups excluding carboxylic acids is 1. The average molecular weight is 420 g/mol. The summed E-state index contributed by atoms with van der Waals surface area (Å²) >= 11 is 5.92. The summed E-state index contributed by atoms with van der Waals surface area (Å²) in [5.74, 6) is -0.604. The van der Waals surface area contributed by atoms with Crippen LogP contribution in [0.1, 0.15) is 16.1 Å². The molecule has 3 rings (SSSR count).